The summed E-state index contributed by atoms with van der Waals surface area (Å²) in [6.07, 6.45) is 0.917. The summed E-state index contributed by atoms with van der Waals surface area (Å²) in [6.45, 7) is 3.16. The fourth-order valence-corrected chi connectivity index (χ4v) is 1.80. The summed E-state index contributed by atoms with van der Waals surface area (Å²) in [6, 6.07) is 4.21. The van der Waals surface area contributed by atoms with Gasteiger partial charge in [0.25, 0.3) is 0 Å². The van der Waals surface area contributed by atoms with Gasteiger partial charge in [-0.3, -0.25) is 0 Å². The smallest absolute Gasteiger partial charge is 0.163 e. The van der Waals surface area contributed by atoms with Crippen LogP contribution in [0.4, 0.5) is 8.78 Å². The molecule has 1 unspecified atom stereocenters. The van der Waals surface area contributed by atoms with E-state index in [2.05, 4.69) is 12.2 Å². The van der Waals surface area contributed by atoms with Crippen LogP contribution in [0.5, 0.6) is 0 Å². The third kappa shape index (κ3) is 4.06. The number of benzene rings is 1. The van der Waals surface area contributed by atoms with Crippen LogP contribution in [0.2, 0.25) is 0 Å². The summed E-state index contributed by atoms with van der Waals surface area (Å²) in [5.74, 6) is -0.501. The van der Waals surface area contributed by atoms with Gasteiger partial charge in [-0.2, -0.15) is 0 Å². The van der Waals surface area contributed by atoms with Crippen molar-refractivity contribution in [1.82, 2.24) is 5.32 Å². The van der Waals surface area contributed by atoms with Gasteiger partial charge in [0.05, 0.1) is 0 Å². The summed E-state index contributed by atoms with van der Waals surface area (Å²) >= 11 is 5.60. The molecule has 0 radical (unpaired) electrons. The molecule has 1 atom stereocenters. The summed E-state index contributed by atoms with van der Waals surface area (Å²) < 4.78 is 26.1. The van der Waals surface area contributed by atoms with E-state index in [0.29, 0.717) is 23.9 Å². The summed E-state index contributed by atoms with van der Waals surface area (Å²) in [5, 5.41) is 3.09. The number of halogens is 3. The van der Waals surface area contributed by atoms with Crippen LogP contribution in [0.15, 0.2) is 18.2 Å². The summed E-state index contributed by atoms with van der Waals surface area (Å²) in [4.78, 5) is 0. The zero-order chi connectivity index (χ0) is 12.0. The van der Waals surface area contributed by atoms with Crippen molar-refractivity contribution >= 4 is 11.6 Å². The first-order valence-corrected chi connectivity index (χ1v) is 5.88. The predicted molar refractivity (Wildman–Crippen MR) is 62.6 cm³/mol. The molecule has 0 aliphatic carbocycles. The Labute approximate surface area is 99.8 Å². The topological polar surface area (TPSA) is 12.0 Å². The number of hydrogen-bond donors (Lipinski definition) is 1. The van der Waals surface area contributed by atoms with Gasteiger partial charge < -0.3 is 5.32 Å². The molecule has 0 aliphatic rings. The van der Waals surface area contributed by atoms with E-state index in [9.17, 15) is 8.78 Å². The van der Waals surface area contributed by atoms with Crippen molar-refractivity contribution in [3.63, 3.8) is 0 Å². The van der Waals surface area contributed by atoms with Gasteiger partial charge in [-0.05, 0) is 24.9 Å². The highest BCUT2D eigenvalue weighted by atomic mass is 35.5. The predicted octanol–water partition coefficient (Wildman–Crippen LogP) is 3.32. The number of rotatable bonds is 6. The summed E-state index contributed by atoms with van der Waals surface area (Å²) in [5.41, 5.74) is 0.359. The second kappa shape index (κ2) is 6.81. The molecular formula is C12H16ClF2N. The van der Waals surface area contributed by atoms with E-state index in [1.54, 1.807) is 6.07 Å². The molecule has 1 N–H and O–H groups in total. The average Bonchev–Trinajstić information content (AvgIpc) is 2.25. The molecule has 0 aromatic heterocycles. The second-order valence-electron chi connectivity index (χ2n) is 3.93. The Bertz CT molecular complexity index is 331. The van der Waals surface area contributed by atoms with E-state index in [4.69, 9.17) is 11.6 Å². The Morgan fingerprint density at radius 3 is 2.81 bits per heavy atom. The quantitative estimate of drug-likeness (QED) is 0.761. The van der Waals surface area contributed by atoms with Crippen LogP contribution < -0.4 is 5.32 Å². The van der Waals surface area contributed by atoms with Crippen LogP contribution in [-0.4, -0.2) is 12.4 Å². The van der Waals surface area contributed by atoms with Gasteiger partial charge in [-0.15, -0.1) is 11.6 Å². The van der Waals surface area contributed by atoms with E-state index in [0.717, 1.165) is 19.0 Å². The Kier molecular flexibility index (Phi) is 5.71. The fraction of sp³-hybridized carbons (Fsp3) is 0.500. The zero-order valence-electron chi connectivity index (χ0n) is 9.27. The molecule has 1 nitrogen and oxygen atoms in total. The van der Waals surface area contributed by atoms with E-state index in [1.807, 2.05) is 0 Å². The van der Waals surface area contributed by atoms with Crippen molar-refractivity contribution < 1.29 is 8.78 Å². The molecule has 1 aromatic rings. The first-order valence-electron chi connectivity index (χ1n) is 5.34. The number of hydrogen-bond acceptors (Lipinski definition) is 1. The molecule has 0 bridgehead atoms. The Hall–Kier alpha value is -0.670. The first-order chi connectivity index (χ1) is 7.65. The van der Waals surface area contributed by atoms with Gasteiger partial charge in [0, 0.05) is 18.0 Å². The minimum absolute atomic E-state index is 0.343. The molecule has 1 rings (SSSR count). The lowest BCUT2D eigenvalue weighted by atomic mass is 10.1. The monoisotopic (exact) mass is 247 g/mol. The van der Waals surface area contributed by atoms with Gasteiger partial charge in [-0.25, -0.2) is 8.78 Å². The van der Waals surface area contributed by atoms with Crippen molar-refractivity contribution in [2.24, 2.45) is 5.92 Å². The molecule has 16 heavy (non-hydrogen) atoms. The lowest BCUT2D eigenvalue weighted by molar-refractivity contribution is 0.473. The van der Waals surface area contributed by atoms with E-state index >= 15 is 0 Å². The molecule has 0 amide bonds. The van der Waals surface area contributed by atoms with Crippen molar-refractivity contribution in [2.45, 2.75) is 19.9 Å². The van der Waals surface area contributed by atoms with Crippen LogP contribution in [0.3, 0.4) is 0 Å². The molecule has 0 saturated carbocycles. The van der Waals surface area contributed by atoms with E-state index in [1.165, 1.54) is 6.07 Å². The SMILES string of the molecule is CC(CCCl)CNCc1cccc(F)c1F. The maximum absolute atomic E-state index is 13.2. The van der Waals surface area contributed by atoms with Gasteiger partial charge in [0.1, 0.15) is 0 Å². The molecule has 0 fully saturated rings. The number of nitrogens with one attached hydrogen (secondary N) is 1. The van der Waals surface area contributed by atoms with Crippen LogP contribution in [0.25, 0.3) is 0 Å². The van der Waals surface area contributed by atoms with Crippen LogP contribution >= 0.6 is 11.6 Å². The summed E-state index contributed by atoms with van der Waals surface area (Å²) in [7, 11) is 0. The fourth-order valence-electron chi connectivity index (χ4n) is 1.43. The average molecular weight is 248 g/mol. The van der Waals surface area contributed by atoms with Gasteiger partial charge in [0.15, 0.2) is 11.6 Å². The molecule has 0 saturated heterocycles. The van der Waals surface area contributed by atoms with Crippen molar-refractivity contribution in [3.05, 3.63) is 35.4 Å². The standard InChI is InChI=1S/C12H16ClF2N/c1-9(5-6-13)7-16-8-10-3-2-4-11(14)12(10)15/h2-4,9,16H,5-8H2,1H3. The molecule has 90 valence electrons. The van der Waals surface area contributed by atoms with Gasteiger partial charge in [-0.1, -0.05) is 19.1 Å². The van der Waals surface area contributed by atoms with Crippen LogP contribution in [-0.2, 0) is 6.54 Å². The van der Waals surface area contributed by atoms with Crippen molar-refractivity contribution in [2.75, 3.05) is 12.4 Å². The molecule has 0 heterocycles. The Balaban J connectivity index is 2.40. The van der Waals surface area contributed by atoms with E-state index in [-0.39, 0.29) is 0 Å². The van der Waals surface area contributed by atoms with Crippen LogP contribution in [0, 0.1) is 17.6 Å². The number of alkyl halides is 1. The van der Waals surface area contributed by atoms with Gasteiger partial charge in [0.2, 0.25) is 0 Å². The lowest BCUT2D eigenvalue weighted by Crippen LogP contribution is -2.21. The van der Waals surface area contributed by atoms with Crippen molar-refractivity contribution in [1.29, 1.82) is 0 Å². The third-order valence-electron chi connectivity index (χ3n) is 2.44. The second-order valence-corrected chi connectivity index (χ2v) is 4.30. The Morgan fingerprint density at radius 2 is 2.12 bits per heavy atom. The maximum Gasteiger partial charge on any atom is 0.163 e. The highest BCUT2D eigenvalue weighted by Crippen LogP contribution is 2.11. The highest BCUT2D eigenvalue weighted by molar-refractivity contribution is 6.17. The largest absolute Gasteiger partial charge is 0.312 e. The molecule has 1 aromatic carbocycles. The van der Waals surface area contributed by atoms with Crippen molar-refractivity contribution in [3.8, 4) is 0 Å². The minimum atomic E-state index is -0.798. The normalized spacial score (nSPS) is 12.8. The maximum atomic E-state index is 13.2. The van der Waals surface area contributed by atoms with Crippen LogP contribution in [0.1, 0.15) is 18.9 Å². The highest BCUT2D eigenvalue weighted by Gasteiger charge is 2.07. The molecule has 0 aliphatic heterocycles. The lowest BCUT2D eigenvalue weighted by Gasteiger charge is -2.11. The zero-order valence-corrected chi connectivity index (χ0v) is 10.0. The van der Waals surface area contributed by atoms with Gasteiger partial charge >= 0.3 is 0 Å². The Morgan fingerprint density at radius 1 is 1.38 bits per heavy atom. The molecule has 4 heteroatoms. The van der Waals surface area contributed by atoms with E-state index < -0.39 is 11.6 Å². The third-order valence-corrected chi connectivity index (χ3v) is 2.66. The first kappa shape index (κ1) is 13.4. The minimum Gasteiger partial charge on any atom is -0.312 e. The molecule has 0 spiro atoms. The molecular weight excluding hydrogens is 232 g/mol.